The summed E-state index contributed by atoms with van der Waals surface area (Å²) in [5.74, 6) is 3.02. The minimum Gasteiger partial charge on any atom is -0.493 e. The van der Waals surface area contributed by atoms with Crippen LogP contribution in [-0.4, -0.2) is 36.6 Å². The number of hydrazone groups is 1. The number of ether oxygens (including phenoxy) is 2. The summed E-state index contributed by atoms with van der Waals surface area (Å²) in [5, 5.41) is 8.33. The molecule has 0 bridgehead atoms. The van der Waals surface area contributed by atoms with E-state index in [1.807, 2.05) is 47.8 Å². The van der Waals surface area contributed by atoms with E-state index in [4.69, 9.17) is 19.0 Å². The standard InChI is InChI=1S/C22H22N2O4S2/c1-26-19-8-3-7-16(22(19)27-2)18-12-17(20-9-5-11-30-20)23-24(18)21(25)14-29-13-15-6-4-10-28-15/h3-11,18H,12-14H2,1-2H3/t18-/m1/s1. The molecule has 156 valence electrons. The highest BCUT2D eigenvalue weighted by Gasteiger charge is 2.35. The van der Waals surface area contributed by atoms with Gasteiger partial charge >= 0.3 is 0 Å². The molecule has 1 amide bonds. The average Bonchev–Trinajstić information content (AvgIpc) is 3.54. The van der Waals surface area contributed by atoms with Gasteiger partial charge in [0.05, 0.1) is 48.6 Å². The summed E-state index contributed by atoms with van der Waals surface area (Å²) in [6.07, 6.45) is 2.26. The van der Waals surface area contributed by atoms with Crippen LogP contribution in [0.15, 0.2) is 63.6 Å². The lowest BCUT2D eigenvalue weighted by atomic mass is 9.99. The first kappa shape index (κ1) is 20.6. The van der Waals surface area contributed by atoms with Crippen molar-refractivity contribution >= 4 is 34.7 Å². The molecule has 0 spiro atoms. The Labute approximate surface area is 183 Å². The van der Waals surface area contributed by atoms with Crippen LogP contribution in [0.25, 0.3) is 0 Å². The first-order valence-corrected chi connectivity index (χ1v) is 11.5. The number of thiophene rings is 1. The highest BCUT2D eigenvalue weighted by atomic mass is 32.2. The summed E-state index contributed by atoms with van der Waals surface area (Å²) in [7, 11) is 3.22. The second kappa shape index (κ2) is 9.40. The number of carbonyl (C=O) groups is 1. The minimum absolute atomic E-state index is 0.0482. The molecule has 3 heterocycles. The van der Waals surface area contributed by atoms with Crippen LogP contribution < -0.4 is 9.47 Å². The van der Waals surface area contributed by atoms with Gasteiger partial charge in [-0.25, -0.2) is 5.01 Å². The van der Waals surface area contributed by atoms with Gasteiger partial charge in [0, 0.05) is 12.0 Å². The fourth-order valence-corrected chi connectivity index (χ4v) is 4.94. The smallest absolute Gasteiger partial charge is 0.253 e. The van der Waals surface area contributed by atoms with E-state index in [9.17, 15) is 4.79 Å². The van der Waals surface area contributed by atoms with Crippen molar-refractivity contribution in [1.82, 2.24) is 5.01 Å². The molecular weight excluding hydrogens is 420 g/mol. The maximum atomic E-state index is 13.1. The van der Waals surface area contributed by atoms with Crippen molar-refractivity contribution in [2.45, 2.75) is 18.2 Å². The lowest BCUT2D eigenvalue weighted by Gasteiger charge is -2.24. The van der Waals surface area contributed by atoms with Crippen LogP contribution in [-0.2, 0) is 10.5 Å². The van der Waals surface area contributed by atoms with Gasteiger partial charge in [-0.15, -0.1) is 23.1 Å². The fourth-order valence-electron chi connectivity index (χ4n) is 3.45. The number of amides is 1. The van der Waals surface area contributed by atoms with Crippen LogP contribution in [0.4, 0.5) is 0 Å². The van der Waals surface area contributed by atoms with Gasteiger partial charge in [-0.1, -0.05) is 18.2 Å². The van der Waals surface area contributed by atoms with Gasteiger partial charge in [0.25, 0.3) is 5.91 Å². The molecule has 0 N–H and O–H groups in total. The Morgan fingerprint density at radius 2 is 2.13 bits per heavy atom. The molecule has 1 aliphatic heterocycles. The zero-order chi connectivity index (χ0) is 20.9. The molecule has 2 aromatic heterocycles. The maximum absolute atomic E-state index is 13.1. The second-order valence-electron chi connectivity index (χ2n) is 6.64. The number of hydrogen-bond acceptors (Lipinski definition) is 7. The number of rotatable bonds is 8. The van der Waals surface area contributed by atoms with Crippen LogP contribution in [0.2, 0.25) is 0 Å². The number of thioether (sulfide) groups is 1. The number of benzene rings is 1. The number of hydrogen-bond donors (Lipinski definition) is 0. The topological polar surface area (TPSA) is 64.3 Å². The van der Waals surface area contributed by atoms with E-state index in [1.165, 1.54) is 11.8 Å². The second-order valence-corrected chi connectivity index (χ2v) is 8.57. The number of carbonyl (C=O) groups excluding carboxylic acids is 1. The van der Waals surface area contributed by atoms with Crippen molar-refractivity contribution in [3.05, 3.63) is 70.3 Å². The third-order valence-corrected chi connectivity index (χ3v) is 6.67. The summed E-state index contributed by atoms with van der Waals surface area (Å²) < 4.78 is 16.4. The molecule has 0 unspecified atom stereocenters. The van der Waals surface area contributed by atoms with Crippen molar-refractivity contribution in [2.75, 3.05) is 20.0 Å². The molecule has 0 saturated carbocycles. The lowest BCUT2D eigenvalue weighted by Crippen LogP contribution is -2.29. The van der Waals surface area contributed by atoms with Gasteiger partial charge in [0.1, 0.15) is 5.76 Å². The third-order valence-electron chi connectivity index (χ3n) is 4.81. The van der Waals surface area contributed by atoms with Crippen LogP contribution in [0.3, 0.4) is 0 Å². The van der Waals surface area contributed by atoms with Gasteiger partial charge in [0.15, 0.2) is 11.5 Å². The zero-order valence-corrected chi connectivity index (χ0v) is 18.4. The molecule has 6 nitrogen and oxygen atoms in total. The van der Waals surface area contributed by atoms with E-state index in [0.717, 1.165) is 21.9 Å². The first-order chi connectivity index (χ1) is 14.7. The average molecular weight is 443 g/mol. The Kier molecular flexibility index (Phi) is 6.44. The van der Waals surface area contributed by atoms with Gasteiger partial charge in [0.2, 0.25) is 0 Å². The number of nitrogens with zero attached hydrogens (tertiary/aromatic N) is 2. The maximum Gasteiger partial charge on any atom is 0.253 e. The Hall–Kier alpha value is -2.71. The predicted molar refractivity (Wildman–Crippen MR) is 119 cm³/mol. The molecule has 3 aromatic rings. The number of para-hydroxylation sites is 1. The zero-order valence-electron chi connectivity index (χ0n) is 16.7. The van der Waals surface area contributed by atoms with Crippen LogP contribution in [0.1, 0.15) is 28.7 Å². The van der Waals surface area contributed by atoms with Gasteiger partial charge in [-0.2, -0.15) is 5.10 Å². The van der Waals surface area contributed by atoms with E-state index in [1.54, 1.807) is 36.8 Å². The van der Waals surface area contributed by atoms with Crippen molar-refractivity contribution in [1.29, 1.82) is 0 Å². The summed E-state index contributed by atoms with van der Waals surface area (Å²) in [5.41, 5.74) is 1.79. The van der Waals surface area contributed by atoms with Crippen molar-refractivity contribution in [3.8, 4) is 11.5 Å². The molecule has 1 aliphatic rings. The van der Waals surface area contributed by atoms with Crippen LogP contribution in [0, 0.1) is 0 Å². The van der Waals surface area contributed by atoms with Crippen LogP contribution in [0.5, 0.6) is 11.5 Å². The highest BCUT2D eigenvalue weighted by molar-refractivity contribution is 7.99. The Morgan fingerprint density at radius 3 is 2.83 bits per heavy atom. The normalized spacial score (nSPS) is 15.9. The fraction of sp³-hybridized carbons (Fsp3) is 0.273. The predicted octanol–water partition coefficient (Wildman–Crippen LogP) is 4.97. The number of furan rings is 1. The molecule has 30 heavy (non-hydrogen) atoms. The van der Waals surface area contributed by atoms with Gasteiger partial charge in [-0.05, 0) is 29.6 Å². The molecule has 4 rings (SSSR count). The minimum atomic E-state index is -0.246. The quantitative estimate of drug-likeness (QED) is 0.493. The summed E-state index contributed by atoms with van der Waals surface area (Å²) >= 11 is 3.13. The Bertz CT molecular complexity index is 1020. The van der Waals surface area contributed by atoms with Gasteiger partial charge in [-0.3, -0.25) is 4.79 Å². The molecule has 1 atom stereocenters. The monoisotopic (exact) mass is 442 g/mol. The van der Waals surface area contributed by atoms with Crippen LogP contribution >= 0.6 is 23.1 Å². The summed E-state index contributed by atoms with van der Waals surface area (Å²) in [6.45, 7) is 0. The highest BCUT2D eigenvalue weighted by Crippen LogP contribution is 2.42. The molecule has 1 aromatic carbocycles. The van der Waals surface area contributed by atoms with E-state index in [-0.39, 0.29) is 11.9 Å². The van der Waals surface area contributed by atoms with Crippen molar-refractivity contribution in [2.24, 2.45) is 5.10 Å². The van der Waals surface area contributed by atoms with E-state index < -0.39 is 0 Å². The molecular formula is C22H22N2O4S2. The van der Waals surface area contributed by atoms with Gasteiger partial charge < -0.3 is 13.9 Å². The van der Waals surface area contributed by atoms with E-state index >= 15 is 0 Å². The molecule has 0 aliphatic carbocycles. The molecule has 0 saturated heterocycles. The largest absolute Gasteiger partial charge is 0.493 e. The molecule has 0 radical (unpaired) electrons. The molecule has 8 heteroatoms. The number of methoxy groups -OCH3 is 2. The SMILES string of the molecule is COc1cccc([C@H]2CC(c3cccs3)=NN2C(=O)CSCc2ccco2)c1OC. The first-order valence-electron chi connectivity index (χ1n) is 9.45. The lowest BCUT2D eigenvalue weighted by molar-refractivity contribution is -0.130. The molecule has 0 fully saturated rings. The summed E-state index contributed by atoms with van der Waals surface area (Å²) in [4.78, 5) is 14.2. The van der Waals surface area contributed by atoms with E-state index in [2.05, 4.69) is 0 Å². The van der Waals surface area contributed by atoms with E-state index in [0.29, 0.717) is 29.4 Å². The van der Waals surface area contributed by atoms with Crippen molar-refractivity contribution in [3.63, 3.8) is 0 Å². The van der Waals surface area contributed by atoms with Crippen molar-refractivity contribution < 1.29 is 18.7 Å². The Morgan fingerprint density at radius 1 is 1.23 bits per heavy atom. The Balaban J connectivity index is 1.59. The summed E-state index contributed by atoms with van der Waals surface area (Å²) in [6, 6.07) is 13.3. The third kappa shape index (κ3) is 4.24.